The summed E-state index contributed by atoms with van der Waals surface area (Å²) in [5.41, 5.74) is 3.99. The number of hydrogen-bond acceptors (Lipinski definition) is 7. The minimum absolute atomic E-state index is 0.00798. The molecule has 11 nitrogen and oxygen atoms in total. The number of ether oxygens (including phenoxy) is 1. The number of nitrogens with zero attached hydrogens (tertiary/aromatic N) is 2. The molecular formula is C23H25N5O6S. The SMILES string of the molecule is COc1ccc(C(=O)NNC(=O)c2n[nH]c(=O)c3ccccc23)cc1S(=O)(=O)N1CCCC[C@H]1C. The lowest BCUT2D eigenvalue weighted by Crippen LogP contribution is -2.43. The fraction of sp³-hybridized carbons (Fsp3) is 0.304. The molecule has 2 aromatic carbocycles. The van der Waals surface area contributed by atoms with Gasteiger partial charge < -0.3 is 4.74 Å². The topological polar surface area (TPSA) is 151 Å². The van der Waals surface area contributed by atoms with Gasteiger partial charge >= 0.3 is 0 Å². The van der Waals surface area contributed by atoms with Gasteiger partial charge in [0.1, 0.15) is 10.6 Å². The van der Waals surface area contributed by atoms with Crippen LogP contribution in [0.15, 0.2) is 52.2 Å². The summed E-state index contributed by atoms with van der Waals surface area (Å²) < 4.78 is 33.4. The highest BCUT2D eigenvalue weighted by Gasteiger charge is 2.33. The number of piperidine rings is 1. The van der Waals surface area contributed by atoms with Crippen molar-refractivity contribution in [3.8, 4) is 5.75 Å². The van der Waals surface area contributed by atoms with Crippen LogP contribution in [0.3, 0.4) is 0 Å². The Hall–Kier alpha value is -3.77. The summed E-state index contributed by atoms with van der Waals surface area (Å²) in [7, 11) is -2.56. The van der Waals surface area contributed by atoms with Gasteiger partial charge in [-0.05, 0) is 44.0 Å². The van der Waals surface area contributed by atoms with E-state index in [4.69, 9.17) is 4.74 Å². The number of hydrazine groups is 1. The van der Waals surface area contributed by atoms with E-state index in [1.807, 2.05) is 6.92 Å². The number of H-pyrrole nitrogens is 1. The normalized spacial score (nSPS) is 16.6. The van der Waals surface area contributed by atoms with E-state index in [9.17, 15) is 22.8 Å². The number of aromatic nitrogens is 2. The summed E-state index contributed by atoms with van der Waals surface area (Å²) in [5.74, 6) is -1.38. The lowest BCUT2D eigenvalue weighted by atomic mass is 10.1. The first kappa shape index (κ1) is 24.4. The molecule has 0 aliphatic carbocycles. The van der Waals surface area contributed by atoms with E-state index >= 15 is 0 Å². The standard InChI is InChI=1S/C23H25N5O6S/c1-14-7-5-6-12-28(14)35(32,33)19-13-15(10-11-18(19)34-2)21(29)25-27-23(31)20-16-8-3-4-9-17(16)22(30)26-24-20/h3-4,8-11,13-14H,5-7,12H2,1-2H3,(H,25,29)(H,26,30)(H,27,31)/t14-/m1/s1. The van der Waals surface area contributed by atoms with Crippen LogP contribution in [0, 0.1) is 0 Å². The highest BCUT2D eigenvalue weighted by atomic mass is 32.2. The maximum atomic E-state index is 13.4. The zero-order valence-electron chi connectivity index (χ0n) is 19.2. The summed E-state index contributed by atoms with van der Waals surface area (Å²) in [5, 5.41) is 6.62. The first-order valence-electron chi connectivity index (χ1n) is 11.0. The van der Waals surface area contributed by atoms with Gasteiger partial charge in [-0.1, -0.05) is 24.6 Å². The van der Waals surface area contributed by atoms with Crippen LogP contribution in [0.25, 0.3) is 10.8 Å². The Morgan fingerprint density at radius 3 is 2.51 bits per heavy atom. The number of methoxy groups -OCH3 is 1. The van der Waals surface area contributed by atoms with E-state index in [1.165, 1.54) is 29.6 Å². The molecule has 1 aromatic heterocycles. The van der Waals surface area contributed by atoms with E-state index in [0.29, 0.717) is 11.9 Å². The lowest BCUT2D eigenvalue weighted by Gasteiger charge is -2.32. The summed E-state index contributed by atoms with van der Waals surface area (Å²) in [6.45, 7) is 2.24. The largest absolute Gasteiger partial charge is 0.495 e. The van der Waals surface area contributed by atoms with Gasteiger partial charge in [0.15, 0.2) is 5.69 Å². The highest BCUT2D eigenvalue weighted by molar-refractivity contribution is 7.89. The van der Waals surface area contributed by atoms with Crippen LogP contribution in [-0.2, 0) is 10.0 Å². The molecule has 2 heterocycles. The molecule has 4 rings (SSSR count). The average molecular weight is 500 g/mol. The van der Waals surface area contributed by atoms with Gasteiger partial charge in [0.2, 0.25) is 10.0 Å². The molecule has 3 N–H and O–H groups in total. The van der Waals surface area contributed by atoms with E-state index in [2.05, 4.69) is 21.0 Å². The van der Waals surface area contributed by atoms with Gasteiger partial charge in [-0.3, -0.25) is 25.2 Å². The second-order valence-corrected chi connectivity index (χ2v) is 10.0. The molecule has 12 heteroatoms. The van der Waals surface area contributed by atoms with Crippen LogP contribution in [0.2, 0.25) is 0 Å². The molecule has 0 unspecified atom stereocenters. The molecule has 0 radical (unpaired) electrons. The molecular weight excluding hydrogens is 474 g/mol. The molecule has 1 saturated heterocycles. The van der Waals surface area contributed by atoms with Crippen molar-refractivity contribution in [1.29, 1.82) is 0 Å². The van der Waals surface area contributed by atoms with Crippen LogP contribution in [0.1, 0.15) is 47.0 Å². The Kier molecular flexibility index (Phi) is 6.85. The molecule has 35 heavy (non-hydrogen) atoms. The molecule has 1 fully saturated rings. The van der Waals surface area contributed by atoms with Crippen LogP contribution in [0.4, 0.5) is 0 Å². The molecule has 0 spiro atoms. The number of aromatic amines is 1. The Bertz CT molecular complexity index is 1450. The number of benzene rings is 2. The van der Waals surface area contributed by atoms with Crippen molar-refractivity contribution in [2.45, 2.75) is 37.1 Å². The third-order valence-corrected chi connectivity index (χ3v) is 7.99. The predicted octanol–water partition coefficient (Wildman–Crippen LogP) is 1.57. The number of carbonyl (C=O) groups excluding carboxylic acids is 2. The molecule has 3 aromatic rings. The minimum Gasteiger partial charge on any atom is -0.495 e. The summed E-state index contributed by atoms with van der Waals surface area (Å²) in [6, 6.07) is 10.3. The quantitative estimate of drug-likeness (QED) is 0.451. The monoisotopic (exact) mass is 499 g/mol. The Labute approximate surface area is 201 Å². The number of nitrogens with one attached hydrogen (secondary N) is 3. The summed E-state index contributed by atoms with van der Waals surface area (Å²) in [6.07, 6.45) is 2.46. The fourth-order valence-electron chi connectivity index (χ4n) is 4.11. The first-order valence-corrected chi connectivity index (χ1v) is 12.5. The van der Waals surface area contributed by atoms with Crippen molar-refractivity contribution < 1.29 is 22.7 Å². The number of rotatable bonds is 5. The van der Waals surface area contributed by atoms with E-state index in [1.54, 1.807) is 24.3 Å². The van der Waals surface area contributed by atoms with Gasteiger partial charge in [0.25, 0.3) is 17.4 Å². The van der Waals surface area contributed by atoms with Gasteiger partial charge in [-0.15, -0.1) is 0 Å². The van der Waals surface area contributed by atoms with Crippen LogP contribution >= 0.6 is 0 Å². The zero-order valence-corrected chi connectivity index (χ0v) is 20.0. The minimum atomic E-state index is -3.92. The van der Waals surface area contributed by atoms with Gasteiger partial charge in [0.05, 0.1) is 12.5 Å². The van der Waals surface area contributed by atoms with Gasteiger partial charge in [-0.25, -0.2) is 13.5 Å². The Morgan fingerprint density at radius 2 is 1.80 bits per heavy atom. The van der Waals surface area contributed by atoms with Crippen molar-refractivity contribution in [1.82, 2.24) is 25.4 Å². The highest BCUT2D eigenvalue weighted by Crippen LogP contribution is 2.31. The van der Waals surface area contributed by atoms with Crippen molar-refractivity contribution >= 4 is 32.6 Å². The predicted molar refractivity (Wildman–Crippen MR) is 127 cm³/mol. The number of amides is 2. The molecule has 0 saturated carbocycles. The van der Waals surface area contributed by atoms with Crippen molar-refractivity contribution in [2.75, 3.05) is 13.7 Å². The molecule has 1 aliphatic rings. The van der Waals surface area contributed by atoms with Crippen molar-refractivity contribution in [3.63, 3.8) is 0 Å². The van der Waals surface area contributed by atoms with Crippen molar-refractivity contribution in [3.05, 3.63) is 64.1 Å². The first-order chi connectivity index (χ1) is 16.7. The Balaban J connectivity index is 1.56. The fourth-order valence-corrected chi connectivity index (χ4v) is 5.99. The maximum Gasteiger partial charge on any atom is 0.290 e. The third-order valence-electron chi connectivity index (χ3n) is 5.96. The van der Waals surface area contributed by atoms with Crippen LogP contribution in [-0.4, -0.2) is 54.4 Å². The number of fused-ring (bicyclic) bond motifs is 1. The van der Waals surface area contributed by atoms with Gasteiger partial charge in [0, 0.05) is 23.5 Å². The number of hydrogen-bond donors (Lipinski definition) is 3. The van der Waals surface area contributed by atoms with Crippen LogP contribution < -0.4 is 21.1 Å². The zero-order chi connectivity index (χ0) is 25.2. The molecule has 0 bridgehead atoms. The maximum absolute atomic E-state index is 13.4. The molecule has 1 atom stereocenters. The summed E-state index contributed by atoms with van der Waals surface area (Å²) >= 11 is 0. The second-order valence-electron chi connectivity index (χ2n) is 8.18. The molecule has 2 amide bonds. The smallest absolute Gasteiger partial charge is 0.290 e. The second kappa shape index (κ2) is 9.84. The van der Waals surface area contributed by atoms with Gasteiger partial charge in [-0.2, -0.15) is 9.40 Å². The van der Waals surface area contributed by atoms with E-state index in [0.717, 1.165) is 19.3 Å². The lowest BCUT2D eigenvalue weighted by molar-refractivity contribution is 0.0844. The Morgan fingerprint density at radius 1 is 1.09 bits per heavy atom. The summed E-state index contributed by atoms with van der Waals surface area (Å²) in [4.78, 5) is 37.2. The van der Waals surface area contributed by atoms with Crippen LogP contribution in [0.5, 0.6) is 5.75 Å². The molecule has 184 valence electrons. The van der Waals surface area contributed by atoms with E-state index in [-0.39, 0.29) is 33.3 Å². The molecule has 1 aliphatic heterocycles. The van der Waals surface area contributed by atoms with Crippen molar-refractivity contribution in [2.24, 2.45) is 0 Å². The average Bonchev–Trinajstić information content (AvgIpc) is 2.87. The number of carbonyl (C=O) groups is 2. The number of sulfonamides is 1. The third kappa shape index (κ3) is 4.75. The van der Waals surface area contributed by atoms with E-state index < -0.39 is 27.4 Å².